The van der Waals surface area contributed by atoms with Gasteiger partial charge in [0, 0.05) is 25.8 Å². The molecule has 1 N–H and O–H groups in total. The first-order chi connectivity index (χ1) is 9.66. The fourth-order valence-electron chi connectivity index (χ4n) is 1.24. The third-order valence-corrected chi connectivity index (χ3v) is 2.30. The number of hydrogen-bond acceptors (Lipinski definition) is 1. The van der Waals surface area contributed by atoms with E-state index in [-0.39, 0.29) is 5.91 Å². The van der Waals surface area contributed by atoms with Gasteiger partial charge >= 0.3 is 0 Å². The fraction of sp³-hybridized carbons (Fsp3) is 0.500. The second kappa shape index (κ2) is 13.5. The SMILES string of the molecule is CC=CC=CCCC#CC#CCCC(=O)NCC(C)C. The lowest BCUT2D eigenvalue weighted by Gasteiger charge is -2.05. The van der Waals surface area contributed by atoms with E-state index in [1.165, 1.54) is 0 Å². The summed E-state index contributed by atoms with van der Waals surface area (Å²) in [6, 6.07) is 0. The highest BCUT2D eigenvalue weighted by Gasteiger charge is 1.99. The van der Waals surface area contributed by atoms with Crippen molar-refractivity contribution in [3.8, 4) is 23.7 Å². The van der Waals surface area contributed by atoms with Gasteiger partial charge in [0.2, 0.25) is 5.91 Å². The van der Waals surface area contributed by atoms with Crippen LogP contribution in [0, 0.1) is 29.6 Å². The van der Waals surface area contributed by atoms with Crippen molar-refractivity contribution < 1.29 is 4.79 Å². The molecule has 2 heteroatoms. The summed E-state index contributed by atoms with van der Waals surface area (Å²) in [5.41, 5.74) is 0. The molecule has 0 unspecified atom stereocenters. The summed E-state index contributed by atoms with van der Waals surface area (Å²) in [5, 5.41) is 2.86. The third kappa shape index (κ3) is 14.1. The van der Waals surface area contributed by atoms with Gasteiger partial charge in [0.25, 0.3) is 0 Å². The molecular formula is C18H25NO. The molecule has 0 aliphatic carbocycles. The first kappa shape index (κ1) is 18.1. The van der Waals surface area contributed by atoms with E-state index in [9.17, 15) is 4.79 Å². The fourth-order valence-corrected chi connectivity index (χ4v) is 1.24. The van der Waals surface area contributed by atoms with Crippen LogP contribution in [0.5, 0.6) is 0 Å². The predicted octanol–water partition coefficient (Wildman–Crippen LogP) is 3.46. The number of unbranched alkanes of at least 4 members (excludes halogenated alkanes) is 1. The maximum atomic E-state index is 11.4. The number of nitrogens with one attached hydrogen (secondary N) is 1. The second-order valence-electron chi connectivity index (χ2n) is 4.79. The molecule has 0 aromatic carbocycles. The average Bonchev–Trinajstić information content (AvgIpc) is 2.42. The molecule has 1 amide bonds. The number of carbonyl (C=O) groups excluding carboxylic acids is 1. The van der Waals surface area contributed by atoms with Gasteiger partial charge in [0.15, 0.2) is 0 Å². The van der Waals surface area contributed by atoms with Crippen LogP contribution in [0.4, 0.5) is 0 Å². The molecule has 0 rings (SSSR count). The normalized spacial score (nSPS) is 10.2. The van der Waals surface area contributed by atoms with E-state index < -0.39 is 0 Å². The van der Waals surface area contributed by atoms with Crippen molar-refractivity contribution in [3.63, 3.8) is 0 Å². The minimum absolute atomic E-state index is 0.0649. The van der Waals surface area contributed by atoms with Crippen LogP contribution in [0.3, 0.4) is 0 Å². The Balaban J connectivity index is 3.65. The highest BCUT2D eigenvalue weighted by atomic mass is 16.1. The molecule has 0 saturated heterocycles. The molecule has 0 atom stereocenters. The van der Waals surface area contributed by atoms with Crippen LogP contribution in [-0.4, -0.2) is 12.5 Å². The van der Waals surface area contributed by atoms with Crippen LogP contribution in [-0.2, 0) is 4.79 Å². The molecule has 0 aromatic rings. The zero-order valence-corrected chi connectivity index (χ0v) is 12.8. The van der Waals surface area contributed by atoms with Crippen LogP contribution in [0.25, 0.3) is 0 Å². The molecule has 20 heavy (non-hydrogen) atoms. The van der Waals surface area contributed by atoms with Crippen LogP contribution in [0.15, 0.2) is 24.3 Å². The van der Waals surface area contributed by atoms with Crippen LogP contribution < -0.4 is 5.32 Å². The van der Waals surface area contributed by atoms with Crippen molar-refractivity contribution in [2.45, 2.75) is 46.5 Å². The van der Waals surface area contributed by atoms with Crippen molar-refractivity contribution >= 4 is 5.91 Å². The zero-order chi connectivity index (χ0) is 15.1. The Hall–Kier alpha value is -1.93. The summed E-state index contributed by atoms with van der Waals surface area (Å²) < 4.78 is 0. The van der Waals surface area contributed by atoms with E-state index in [1.54, 1.807) is 0 Å². The van der Waals surface area contributed by atoms with E-state index in [1.807, 2.05) is 25.2 Å². The molecule has 0 heterocycles. The maximum absolute atomic E-state index is 11.4. The number of amides is 1. The Morgan fingerprint density at radius 2 is 1.85 bits per heavy atom. The highest BCUT2D eigenvalue weighted by Crippen LogP contribution is 1.91. The molecule has 0 aliphatic rings. The Morgan fingerprint density at radius 1 is 1.15 bits per heavy atom. The van der Waals surface area contributed by atoms with Crippen molar-refractivity contribution in [2.24, 2.45) is 5.92 Å². The van der Waals surface area contributed by atoms with Gasteiger partial charge in [0.1, 0.15) is 0 Å². The van der Waals surface area contributed by atoms with Crippen LogP contribution >= 0.6 is 0 Å². The number of carbonyl (C=O) groups is 1. The van der Waals surface area contributed by atoms with Gasteiger partial charge in [-0.15, -0.1) is 0 Å². The van der Waals surface area contributed by atoms with Gasteiger partial charge < -0.3 is 5.32 Å². The van der Waals surface area contributed by atoms with Crippen LogP contribution in [0.1, 0.15) is 46.5 Å². The van der Waals surface area contributed by atoms with Crippen molar-refractivity contribution in [1.82, 2.24) is 5.32 Å². The summed E-state index contributed by atoms with van der Waals surface area (Å²) in [5.74, 6) is 12.0. The standard InChI is InChI=1S/C18H25NO/c1-4-5-6-7-8-9-10-11-12-13-14-15-18(20)19-16-17(2)3/h4-7,17H,8-9,14-16H2,1-3H3,(H,19,20). The first-order valence-electron chi connectivity index (χ1n) is 7.17. The van der Waals surface area contributed by atoms with Gasteiger partial charge in [0.05, 0.1) is 0 Å². The number of rotatable bonds is 7. The Kier molecular flexibility index (Phi) is 12.2. The van der Waals surface area contributed by atoms with Gasteiger partial charge in [-0.3, -0.25) is 4.79 Å². The molecular weight excluding hydrogens is 246 g/mol. The van der Waals surface area contributed by atoms with Crippen LogP contribution in [0.2, 0.25) is 0 Å². The molecule has 0 bridgehead atoms. The minimum Gasteiger partial charge on any atom is -0.356 e. The summed E-state index contributed by atoms with van der Waals surface area (Å²) in [4.78, 5) is 11.4. The topological polar surface area (TPSA) is 29.1 Å². The minimum atomic E-state index is 0.0649. The smallest absolute Gasteiger partial charge is 0.220 e. The van der Waals surface area contributed by atoms with Gasteiger partial charge in [-0.1, -0.05) is 50.0 Å². The Labute approximate surface area is 123 Å². The van der Waals surface area contributed by atoms with Crippen molar-refractivity contribution in [3.05, 3.63) is 24.3 Å². The lowest BCUT2D eigenvalue weighted by atomic mass is 10.2. The van der Waals surface area contributed by atoms with Gasteiger partial charge in [-0.2, -0.15) is 0 Å². The molecule has 0 spiro atoms. The molecule has 108 valence electrons. The molecule has 0 aromatic heterocycles. The summed E-state index contributed by atoms with van der Waals surface area (Å²) >= 11 is 0. The van der Waals surface area contributed by atoms with E-state index in [2.05, 4.69) is 48.9 Å². The third-order valence-electron chi connectivity index (χ3n) is 2.30. The molecule has 0 saturated carbocycles. The van der Waals surface area contributed by atoms with Gasteiger partial charge in [-0.25, -0.2) is 0 Å². The summed E-state index contributed by atoms with van der Waals surface area (Å²) in [7, 11) is 0. The van der Waals surface area contributed by atoms with Gasteiger partial charge in [-0.05, 0) is 31.1 Å². The molecule has 0 aliphatic heterocycles. The molecule has 2 nitrogen and oxygen atoms in total. The maximum Gasteiger partial charge on any atom is 0.220 e. The second-order valence-corrected chi connectivity index (χ2v) is 4.79. The molecule has 0 radical (unpaired) electrons. The van der Waals surface area contributed by atoms with Crippen molar-refractivity contribution in [1.29, 1.82) is 0 Å². The zero-order valence-electron chi connectivity index (χ0n) is 12.8. The number of allylic oxidation sites excluding steroid dienone is 4. The largest absolute Gasteiger partial charge is 0.356 e. The van der Waals surface area contributed by atoms with Crippen molar-refractivity contribution in [2.75, 3.05) is 6.54 Å². The Morgan fingerprint density at radius 3 is 2.50 bits per heavy atom. The summed E-state index contributed by atoms with van der Waals surface area (Å²) in [6.45, 7) is 6.86. The lowest BCUT2D eigenvalue weighted by Crippen LogP contribution is -2.26. The van der Waals surface area contributed by atoms with E-state index >= 15 is 0 Å². The summed E-state index contributed by atoms with van der Waals surface area (Å²) in [6.07, 6.45) is 10.9. The van der Waals surface area contributed by atoms with E-state index in [0.717, 1.165) is 19.4 Å². The first-order valence-corrected chi connectivity index (χ1v) is 7.17. The monoisotopic (exact) mass is 271 g/mol. The predicted molar refractivity (Wildman–Crippen MR) is 85.8 cm³/mol. The van der Waals surface area contributed by atoms with E-state index in [0.29, 0.717) is 18.8 Å². The highest BCUT2D eigenvalue weighted by molar-refractivity contribution is 5.76. The Bertz CT molecular complexity index is 436. The molecule has 0 fully saturated rings. The average molecular weight is 271 g/mol. The lowest BCUT2D eigenvalue weighted by molar-refractivity contribution is -0.121. The quantitative estimate of drug-likeness (QED) is 0.429. The number of hydrogen-bond donors (Lipinski definition) is 1. The van der Waals surface area contributed by atoms with E-state index in [4.69, 9.17) is 0 Å².